The zero-order chi connectivity index (χ0) is 22.7. The van der Waals surface area contributed by atoms with Crippen molar-refractivity contribution in [1.82, 2.24) is 5.32 Å². The Hall–Kier alpha value is -2.70. The van der Waals surface area contributed by atoms with Crippen molar-refractivity contribution in [2.45, 2.75) is 33.6 Å². The zero-order valence-electron chi connectivity index (χ0n) is 17.7. The minimum Gasteiger partial charge on any atom is -0.463 e. The summed E-state index contributed by atoms with van der Waals surface area (Å²) in [6, 6.07) is 8.48. The second kappa shape index (κ2) is 9.62. The summed E-state index contributed by atoms with van der Waals surface area (Å²) in [7, 11) is 0. The van der Waals surface area contributed by atoms with Gasteiger partial charge in [0.15, 0.2) is 0 Å². The molecule has 8 heteroatoms. The van der Waals surface area contributed by atoms with Crippen LogP contribution >= 0.6 is 23.2 Å². The van der Waals surface area contributed by atoms with Gasteiger partial charge in [-0.25, -0.2) is 9.59 Å². The first-order valence-corrected chi connectivity index (χ1v) is 10.6. The van der Waals surface area contributed by atoms with E-state index in [-0.39, 0.29) is 24.4 Å². The fraction of sp³-hybridized carbons (Fsp3) is 0.304. The maximum absolute atomic E-state index is 12.8. The molecule has 1 aromatic heterocycles. The van der Waals surface area contributed by atoms with Crippen molar-refractivity contribution in [2.75, 3.05) is 13.2 Å². The van der Waals surface area contributed by atoms with Crippen molar-refractivity contribution in [3.8, 4) is 11.3 Å². The lowest BCUT2D eigenvalue weighted by atomic mass is 9.83. The highest BCUT2D eigenvalue weighted by atomic mass is 35.5. The molecule has 0 fully saturated rings. The number of ether oxygens (including phenoxy) is 2. The maximum atomic E-state index is 12.8. The first-order chi connectivity index (χ1) is 14.8. The molecule has 0 radical (unpaired) electrons. The van der Waals surface area contributed by atoms with E-state index in [1.807, 2.05) is 0 Å². The fourth-order valence-corrected chi connectivity index (χ4v) is 3.96. The van der Waals surface area contributed by atoms with Gasteiger partial charge >= 0.3 is 11.9 Å². The van der Waals surface area contributed by atoms with Gasteiger partial charge in [-0.15, -0.1) is 0 Å². The number of carbonyl (C=O) groups is 2. The highest BCUT2D eigenvalue weighted by Crippen LogP contribution is 2.42. The van der Waals surface area contributed by atoms with Gasteiger partial charge in [-0.2, -0.15) is 0 Å². The molecule has 0 amide bonds. The first kappa shape index (κ1) is 23.0. The Morgan fingerprint density at radius 2 is 1.55 bits per heavy atom. The third kappa shape index (κ3) is 4.65. The molecule has 31 heavy (non-hydrogen) atoms. The summed E-state index contributed by atoms with van der Waals surface area (Å²) < 4.78 is 16.6. The quantitative estimate of drug-likeness (QED) is 0.560. The van der Waals surface area contributed by atoms with Crippen LogP contribution in [0.1, 0.15) is 39.4 Å². The number of benzene rings is 1. The van der Waals surface area contributed by atoms with Crippen LogP contribution in [0.5, 0.6) is 0 Å². The zero-order valence-corrected chi connectivity index (χ0v) is 19.2. The van der Waals surface area contributed by atoms with Gasteiger partial charge in [0, 0.05) is 22.0 Å². The lowest BCUT2D eigenvalue weighted by Gasteiger charge is -2.28. The van der Waals surface area contributed by atoms with Crippen LogP contribution in [0.15, 0.2) is 57.3 Å². The topological polar surface area (TPSA) is 77.8 Å². The lowest BCUT2D eigenvalue weighted by Crippen LogP contribution is -2.32. The van der Waals surface area contributed by atoms with Gasteiger partial charge in [-0.3, -0.25) is 0 Å². The number of dihydropyridines is 1. The van der Waals surface area contributed by atoms with Gasteiger partial charge in [0.2, 0.25) is 0 Å². The van der Waals surface area contributed by atoms with E-state index in [2.05, 4.69) is 5.32 Å². The molecular formula is C23H23Cl2NO5. The van der Waals surface area contributed by atoms with Crippen LogP contribution in [0.4, 0.5) is 0 Å². The van der Waals surface area contributed by atoms with E-state index < -0.39 is 17.9 Å². The van der Waals surface area contributed by atoms with Gasteiger partial charge in [-0.05, 0) is 58.0 Å². The van der Waals surface area contributed by atoms with Gasteiger partial charge in [0.05, 0.1) is 35.3 Å². The Labute approximate surface area is 190 Å². The molecule has 1 aromatic carbocycles. The molecule has 6 nitrogen and oxygen atoms in total. The maximum Gasteiger partial charge on any atom is 0.336 e. The molecule has 0 atom stereocenters. The second-order valence-electron chi connectivity index (χ2n) is 6.90. The van der Waals surface area contributed by atoms with E-state index in [4.69, 9.17) is 37.1 Å². The van der Waals surface area contributed by atoms with E-state index in [0.717, 1.165) is 0 Å². The van der Waals surface area contributed by atoms with Crippen LogP contribution in [-0.2, 0) is 19.1 Å². The largest absolute Gasteiger partial charge is 0.463 e. The van der Waals surface area contributed by atoms with Crippen molar-refractivity contribution in [1.29, 1.82) is 0 Å². The fourth-order valence-electron chi connectivity index (χ4n) is 3.58. The van der Waals surface area contributed by atoms with E-state index in [9.17, 15) is 9.59 Å². The van der Waals surface area contributed by atoms with Crippen LogP contribution < -0.4 is 5.32 Å². The van der Waals surface area contributed by atoms with Crippen molar-refractivity contribution in [2.24, 2.45) is 0 Å². The third-order valence-corrected chi connectivity index (χ3v) is 5.42. The molecule has 0 spiro atoms. The number of rotatable bonds is 6. The molecule has 1 N–H and O–H groups in total. The van der Waals surface area contributed by atoms with Crippen LogP contribution in [0.25, 0.3) is 11.3 Å². The van der Waals surface area contributed by atoms with Crippen LogP contribution in [0, 0.1) is 0 Å². The molecule has 1 aliphatic rings. The number of furan rings is 1. The van der Waals surface area contributed by atoms with Crippen LogP contribution in [-0.4, -0.2) is 25.2 Å². The number of hydrogen-bond acceptors (Lipinski definition) is 6. The summed E-state index contributed by atoms with van der Waals surface area (Å²) in [4.78, 5) is 25.7. The monoisotopic (exact) mass is 463 g/mol. The van der Waals surface area contributed by atoms with Gasteiger partial charge in [-0.1, -0.05) is 23.2 Å². The Morgan fingerprint density at radius 3 is 2.10 bits per heavy atom. The standard InChI is InChI=1S/C23H23Cl2NO5/c1-5-29-22(27)19-12(3)26-13(4)20(23(28)30-6-2)21(19)18-10-9-17(31-18)15-11-14(24)7-8-16(15)25/h7-11,21,26H,5-6H2,1-4H3. The number of esters is 2. The Kier molecular flexibility index (Phi) is 7.13. The summed E-state index contributed by atoms with van der Waals surface area (Å²) >= 11 is 12.4. The molecule has 0 unspecified atom stereocenters. The molecule has 164 valence electrons. The average Bonchev–Trinajstić information content (AvgIpc) is 3.19. The second-order valence-corrected chi connectivity index (χ2v) is 7.75. The molecule has 3 rings (SSSR count). The molecule has 0 saturated heterocycles. The van der Waals surface area contributed by atoms with Crippen molar-refractivity contribution in [3.05, 3.63) is 68.7 Å². The number of carbonyl (C=O) groups excluding carboxylic acids is 2. The minimum absolute atomic E-state index is 0.196. The molecular weight excluding hydrogens is 441 g/mol. The molecule has 2 heterocycles. The summed E-state index contributed by atoms with van der Waals surface area (Å²) in [6.07, 6.45) is 0. The number of hydrogen-bond donors (Lipinski definition) is 1. The normalized spacial score (nSPS) is 14.5. The van der Waals surface area contributed by atoms with E-state index in [1.165, 1.54) is 0 Å². The van der Waals surface area contributed by atoms with Crippen LogP contribution in [0.2, 0.25) is 10.0 Å². The number of halogens is 2. The predicted molar refractivity (Wildman–Crippen MR) is 119 cm³/mol. The summed E-state index contributed by atoms with van der Waals surface area (Å²) in [5.41, 5.74) is 2.33. The van der Waals surface area contributed by atoms with Crippen molar-refractivity contribution < 1.29 is 23.5 Å². The smallest absolute Gasteiger partial charge is 0.336 e. The third-order valence-electron chi connectivity index (χ3n) is 4.86. The SMILES string of the molecule is CCOC(=O)C1=C(C)NC(C)=C(C(=O)OCC)C1c1ccc(-c2cc(Cl)ccc2Cl)o1. The first-order valence-electron chi connectivity index (χ1n) is 9.86. The number of allylic oxidation sites excluding steroid dienone is 2. The molecule has 2 aromatic rings. The summed E-state index contributed by atoms with van der Waals surface area (Å²) in [5.74, 6) is -1.03. The lowest BCUT2D eigenvalue weighted by molar-refractivity contribution is -0.139. The van der Waals surface area contributed by atoms with Crippen molar-refractivity contribution in [3.63, 3.8) is 0 Å². The highest BCUT2D eigenvalue weighted by Gasteiger charge is 2.39. The van der Waals surface area contributed by atoms with Gasteiger partial charge in [0.1, 0.15) is 11.5 Å². The average molecular weight is 464 g/mol. The Bertz CT molecular complexity index is 1040. The van der Waals surface area contributed by atoms with E-state index in [1.54, 1.807) is 58.0 Å². The molecule has 0 aliphatic carbocycles. The predicted octanol–water partition coefficient (Wildman–Crippen LogP) is 5.61. The van der Waals surface area contributed by atoms with Crippen LogP contribution in [0.3, 0.4) is 0 Å². The van der Waals surface area contributed by atoms with Gasteiger partial charge < -0.3 is 19.2 Å². The molecule has 1 aliphatic heterocycles. The Balaban J connectivity index is 2.15. The molecule has 0 bridgehead atoms. The van der Waals surface area contributed by atoms with E-state index >= 15 is 0 Å². The highest BCUT2D eigenvalue weighted by molar-refractivity contribution is 6.35. The van der Waals surface area contributed by atoms with E-state index in [0.29, 0.717) is 38.5 Å². The summed E-state index contributed by atoms with van der Waals surface area (Å²) in [6.45, 7) is 7.34. The number of nitrogens with one attached hydrogen (secondary N) is 1. The van der Waals surface area contributed by atoms with Gasteiger partial charge in [0.25, 0.3) is 0 Å². The minimum atomic E-state index is -0.800. The van der Waals surface area contributed by atoms with Crippen molar-refractivity contribution >= 4 is 35.1 Å². The molecule has 0 saturated carbocycles. The Morgan fingerprint density at radius 1 is 0.968 bits per heavy atom. The summed E-state index contributed by atoms with van der Waals surface area (Å²) in [5, 5.41) is 4.06.